The Bertz CT molecular complexity index is 346. The quantitative estimate of drug-likeness (QED) is 0.783. The number of hydrogen-bond donors (Lipinski definition) is 2. The maximum atomic E-state index is 10.7. The van der Waals surface area contributed by atoms with Gasteiger partial charge in [0.15, 0.2) is 0 Å². The van der Waals surface area contributed by atoms with Crippen molar-refractivity contribution in [3.05, 3.63) is 29.8 Å². The summed E-state index contributed by atoms with van der Waals surface area (Å²) >= 11 is 0. The predicted octanol–water partition coefficient (Wildman–Crippen LogP) is 1.66. The van der Waals surface area contributed by atoms with Crippen molar-refractivity contribution in [3.63, 3.8) is 0 Å². The molecule has 0 fully saturated rings. The summed E-state index contributed by atoms with van der Waals surface area (Å²) in [4.78, 5) is 21.4. The van der Waals surface area contributed by atoms with Gasteiger partial charge in [0.25, 0.3) is 0 Å². The number of aldehydes is 1. The van der Waals surface area contributed by atoms with Crippen molar-refractivity contribution in [2.24, 2.45) is 0 Å². The summed E-state index contributed by atoms with van der Waals surface area (Å²) in [5, 5.41) is 11.6. The third-order valence-corrected chi connectivity index (χ3v) is 1.94. The Hall–Kier alpha value is -1.84. The SMILES string of the molecule is CC.CC(=O)N[C@@H](C=O)Cc1ccc(O)cc1. The standard InChI is InChI=1S/C11H13NO3.C2H6/c1-8(14)12-10(7-13)6-9-2-4-11(15)5-3-9;1-2/h2-5,7,10,15H,6H2,1H3,(H,12,14);1-2H3/t10-;/m1./s1. The monoisotopic (exact) mass is 237 g/mol. The van der Waals surface area contributed by atoms with Crippen LogP contribution in [0.5, 0.6) is 5.75 Å². The first kappa shape index (κ1) is 15.2. The second-order valence-electron chi connectivity index (χ2n) is 3.31. The van der Waals surface area contributed by atoms with E-state index in [-0.39, 0.29) is 11.7 Å². The van der Waals surface area contributed by atoms with Gasteiger partial charge in [0.2, 0.25) is 5.91 Å². The maximum absolute atomic E-state index is 10.7. The zero-order chi connectivity index (χ0) is 13.3. The van der Waals surface area contributed by atoms with Crippen LogP contribution in [0.1, 0.15) is 26.3 Å². The number of nitrogens with one attached hydrogen (secondary N) is 1. The highest BCUT2D eigenvalue weighted by Gasteiger charge is 2.08. The van der Waals surface area contributed by atoms with E-state index in [4.69, 9.17) is 5.11 Å². The molecule has 0 heterocycles. The molecule has 0 aliphatic carbocycles. The first-order valence-electron chi connectivity index (χ1n) is 5.62. The number of aromatic hydroxyl groups is 1. The van der Waals surface area contributed by atoms with E-state index >= 15 is 0 Å². The molecule has 1 aromatic carbocycles. The number of carbonyl (C=O) groups excluding carboxylic acids is 2. The van der Waals surface area contributed by atoms with Crippen LogP contribution in [0.3, 0.4) is 0 Å². The van der Waals surface area contributed by atoms with Gasteiger partial charge in [0, 0.05) is 6.92 Å². The van der Waals surface area contributed by atoms with Crippen LogP contribution in [0.2, 0.25) is 0 Å². The Labute approximate surface area is 102 Å². The minimum absolute atomic E-state index is 0.181. The van der Waals surface area contributed by atoms with Crippen molar-refractivity contribution in [2.45, 2.75) is 33.2 Å². The maximum Gasteiger partial charge on any atom is 0.217 e. The number of phenolic OH excluding ortho intramolecular Hbond substituents is 1. The molecule has 0 spiro atoms. The van der Waals surface area contributed by atoms with Gasteiger partial charge in [-0.3, -0.25) is 4.79 Å². The molecule has 1 rings (SSSR count). The summed E-state index contributed by atoms with van der Waals surface area (Å²) in [6.07, 6.45) is 1.14. The summed E-state index contributed by atoms with van der Waals surface area (Å²) < 4.78 is 0. The van der Waals surface area contributed by atoms with Crippen molar-refractivity contribution < 1.29 is 14.7 Å². The minimum Gasteiger partial charge on any atom is -0.508 e. The van der Waals surface area contributed by atoms with Crippen LogP contribution in [-0.2, 0) is 16.0 Å². The van der Waals surface area contributed by atoms with E-state index in [1.54, 1.807) is 24.3 Å². The molecule has 0 aromatic heterocycles. The molecule has 1 amide bonds. The molecule has 1 atom stereocenters. The summed E-state index contributed by atoms with van der Waals surface area (Å²) in [5.41, 5.74) is 0.888. The fourth-order valence-electron chi connectivity index (χ4n) is 1.28. The molecule has 0 saturated heterocycles. The Kier molecular flexibility index (Phi) is 7.43. The lowest BCUT2D eigenvalue weighted by molar-refractivity contribution is -0.122. The lowest BCUT2D eigenvalue weighted by Crippen LogP contribution is -2.35. The molecule has 17 heavy (non-hydrogen) atoms. The number of carbonyl (C=O) groups is 2. The van der Waals surface area contributed by atoms with Crippen LogP contribution < -0.4 is 5.32 Å². The normalized spacial score (nSPS) is 10.8. The number of hydrogen-bond acceptors (Lipinski definition) is 3. The van der Waals surface area contributed by atoms with Crippen molar-refractivity contribution in [3.8, 4) is 5.75 Å². The Balaban J connectivity index is 0.00000121. The fraction of sp³-hybridized carbons (Fsp3) is 0.385. The van der Waals surface area contributed by atoms with Gasteiger partial charge in [-0.25, -0.2) is 0 Å². The molecule has 2 N–H and O–H groups in total. The zero-order valence-corrected chi connectivity index (χ0v) is 10.4. The van der Waals surface area contributed by atoms with Crippen molar-refractivity contribution in [2.75, 3.05) is 0 Å². The zero-order valence-electron chi connectivity index (χ0n) is 10.4. The third-order valence-electron chi connectivity index (χ3n) is 1.94. The first-order chi connectivity index (χ1) is 8.11. The molecule has 0 aliphatic heterocycles. The lowest BCUT2D eigenvalue weighted by atomic mass is 10.1. The highest BCUT2D eigenvalue weighted by atomic mass is 16.3. The van der Waals surface area contributed by atoms with Gasteiger partial charge in [-0.2, -0.15) is 0 Å². The van der Waals surface area contributed by atoms with E-state index in [2.05, 4.69) is 5.32 Å². The number of amides is 1. The molecular weight excluding hydrogens is 218 g/mol. The highest BCUT2D eigenvalue weighted by Crippen LogP contribution is 2.10. The van der Waals surface area contributed by atoms with E-state index in [9.17, 15) is 9.59 Å². The minimum atomic E-state index is -0.507. The molecule has 94 valence electrons. The first-order valence-corrected chi connectivity index (χ1v) is 5.62. The van der Waals surface area contributed by atoms with Gasteiger partial charge in [0.1, 0.15) is 12.0 Å². The van der Waals surface area contributed by atoms with Crippen molar-refractivity contribution in [1.82, 2.24) is 5.32 Å². The van der Waals surface area contributed by atoms with Gasteiger partial charge in [-0.1, -0.05) is 26.0 Å². The molecule has 0 bridgehead atoms. The van der Waals surface area contributed by atoms with Crippen molar-refractivity contribution in [1.29, 1.82) is 0 Å². The van der Waals surface area contributed by atoms with Crippen LogP contribution in [-0.4, -0.2) is 23.3 Å². The molecule has 4 heteroatoms. The number of benzene rings is 1. The molecule has 0 radical (unpaired) electrons. The molecule has 0 aliphatic rings. The summed E-state index contributed by atoms with van der Waals surface area (Å²) in [7, 11) is 0. The van der Waals surface area contributed by atoms with Gasteiger partial charge < -0.3 is 15.2 Å². The summed E-state index contributed by atoms with van der Waals surface area (Å²) in [5.74, 6) is -0.0493. The van der Waals surface area contributed by atoms with Gasteiger partial charge in [0.05, 0.1) is 6.04 Å². The topological polar surface area (TPSA) is 66.4 Å². The van der Waals surface area contributed by atoms with E-state index in [0.717, 1.165) is 5.56 Å². The predicted molar refractivity (Wildman–Crippen MR) is 66.8 cm³/mol. The Morgan fingerprint density at radius 1 is 1.35 bits per heavy atom. The average molecular weight is 237 g/mol. The largest absolute Gasteiger partial charge is 0.508 e. The second-order valence-corrected chi connectivity index (χ2v) is 3.31. The lowest BCUT2D eigenvalue weighted by Gasteiger charge is -2.10. The molecule has 0 saturated carbocycles. The molecule has 4 nitrogen and oxygen atoms in total. The Morgan fingerprint density at radius 3 is 2.29 bits per heavy atom. The van der Waals surface area contributed by atoms with Crippen LogP contribution >= 0.6 is 0 Å². The van der Waals surface area contributed by atoms with Crippen LogP contribution in [0.4, 0.5) is 0 Å². The molecular formula is C13H19NO3. The summed E-state index contributed by atoms with van der Waals surface area (Å²) in [6.45, 7) is 5.37. The average Bonchev–Trinajstić information content (AvgIpc) is 2.33. The van der Waals surface area contributed by atoms with Crippen molar-refractivity contribution >= 4 is 12.2 Å². The smallest absolute Gasteiger partial charge is 0.217 e. The number of rotatable bonds is 4. The van der Waals surface area contributed by atoms with Gasteiger partial charge in [-0.05, 0) is 24.1 Å². The Morgan fingerprint density at radius 2 is 1.88 bits per heavy atom. The molecule has 0 unspecified atom stereocenters. The van der Waals surface area contributed by atoms with E-state index < -0.39 is 6.04 Å². The highest BCUT2D eigenvalue weighted by molar-refractivity contribution is 5.77. The van der Waals surface area contributed by atoms with Crippen LogP contribution in [0.15, 0.2) is 24.3 Å². The van der Waals surface area contributed by atoms with Crippen LogP contribution in [0.25, 0.3) is 0 Å². The fourth-order valence-corrected chi connectivity index (χ4v) is 1.28. The van der Waals surface area contributed by atoms with Gasteiger partial charge in [-0.15, -0.1) is 0 Å². The molecule has 1 aromatic rings. The van der Waals surface area contributed by atoms with E-state index in [0.29, 0.717) is 12.7 Å². The second kappa shape index (κ2) is 8.33. The van der Waals surface area contributed by atoms with Crippen LogP contribution in [0, 0.1) is 0 Å². The van der Waals surface area contributed by atoms with E-state index in [1.165, 1.54) is 6.92 Å². The summed E-state index contributed by atoms with van der Waals surface area (Å²) in [6, 6.07) is 6.02. The van der Waals surface area contributed by atoms with E-state index in [1.807, 2.05) is 13.8 Å². The third kappa shape index (κ3) is 6.35. The number of phenols is 1. The van der Waals surface area contributed by atoms with Gasteiger partial charge >= 0.3 is 0 Å².